The second kappa shape index (κ2) is 7.64. The van der Waals surface area contributed by atoms with Crippen molar-refractivity contribution in [2.75, 3.05) is 20.3 Å². The summed E-state index contributed by atoms with van der Waals surface area (Å²) < 4.78 is 12.5. The number of hydrogen-bond acceptors (Lipinski definition) is 4. The van der Waals surface area contributed by atoms with Crippen LogP contribution in [0.25, 0.3) is 0 Å². The first kappa shape index (κ1) is 16.1. The molecule has 2 aromatic heterocycles. The molecule has 1 unspecified atom stereocenters. The lowest BCUT2D eigenvalue weighted by Gasteiger charge is -2.19. The van der Waals surface area contributed by atoms with Crippen molar-refractivity contribution in [3.8, 4) is 0 Å². The molecule has 0 aliphatic heterocycles. The van der Waals surface area contributed by atoms with Gasteiger partial charge in [0, 0.05) is 12.7 Å². The normalized spacial score (nSPS) is 12.8. The maximum atomic E-state index is 6.36. The van der Waals surface area contributed by atoms with Gasteiger partial charge in [-0.3, -0.25) is 4.68 Å². The van der Waals surface area contributed by atoms with Crippen molar-refractivity contribution in [2.45, 2.75) is 32.9 Å². The minimum atomic E-state index is -0.0331. The van der Waals surface area contributed by atoms with E-state index in [4.69, 9.17) is 20.8 Å². The smallest absolute Gasteiger partial charge is 0.101 e. The molecule has 21 heavy (non-hydrogen) atoms. The first-order valence-electron chi connectivity index (χ1n) is 7.16. The van der Waals surface area contributed by atoms with Crippen LogP contribution in [-0.4, -0.2) is 30.0 Å². The Morgan fingerprint density at radius 3 is 2.95 bits per heavy atom. The summed E-state index contributed by atoms with van der Waals surface area (Å²) in [6, 6.07) is 1.99. The van der Waals surface area contributed by atoms with Crippen molar-refractivity contribution in [3.05, 3.63) is 40.6 Å². The fourth-order valence-electron chi connectivity index (χ4n) is 2.29. The van der Waals surface area contributed by atoms with Gasteiger partial charge in [0.2, 0.25) is 0 Å². The molecule has 1 N–H and O–H groups in total. The van der Waals surface area contributed by atoms with Gasteiger partial charge in [-0.05, 0) is 26.0 Å². The third kappa shape index (κ3) is 3.87. The number of furan rings is 1. The van der Waals surface area contributed by atoms with Crippen LogP contribution < -0.4 is 5.32 Å². The largest absolute Gasteiger partial charge is 0.469 e. The maximum absolute atomic E-state index is 6.36. The summed E-state index contributed by atoms with van der Waals surface area (Å²) in [6.45, 7) is 6.22. The number of hydrogen-bond donors (Lipinski definition) is 1. The van der Waals surface area contributed by atoms with Crippen molar-refractivity contribution in [3.63, 3.8) is 0 Å². The molecule has 2 heterocycles. The molecule has 2 aromatic rings. The van der Waals surface area contributed by atoms with Crippen molar-refractivity contribution >= 4 is 11.6 Å². The van der Waals surface area contributed by atoms with Gasteiger partial charge in [-0.1, -0.05) is 18.5 Å². The van der Waals surface area contributed by atoms with Gasteiger partial charge < -0.3 is 14.5 Å². The van der Waals surface area contributed by atoms with E-state index in [0.29, 0.717) is 18.2 Å². The van der Waals surface area contributed by atoms with E-state index in [2.05, 4.69) is 17.3 Å². The van der Waals surface area contributed by atoms with Crippen molar-refractivity contribution in [1.29, 1.82) is 0 Å². The van der Waals surface area contributed by atoms with Gasteiger partial charge in [-0.2, -0.15) is 5.10 Å². The second-order valence-corrected chi connectivity index (χ2v) is 5.38. The van der Waals surface area contributed by atoms with Crippen molar-refractivity contribution in [2.24, 2.45) is 0 Å². The Balaban J connectivity index is 2.33. The Bertz CT molecular complexity index is 565. The van der Waals surface area contributed by atoms with Crippen LogP contribution in [-0.2, 0) is 11.3 Å². The summed E-state index contributed by atoms with van der Waals surface area (Å²) in [6.07, 6.45) is 4.49. The van der Waals surface area contributed by atoms with Crippen LogP contribution in [0.2, 0.25) is 5.02 Å². The minimum Gasteiger partial charge on any atom is -0.469 e. The summed E-state index contributed by atoms with van der Waals surface area (Å²) in [4.78, 5) is 0. The number of halogens is 1. The lowest BCUT2D eigenvalue weighted by atomic mass is 10.1. The Hall–Kier alpha value is -1.30. The molecule has 0 aromatic carbocycles. The Morgan fingerprint density at radius 2 is 2.33 bits per heavy atom. The van der Waals surface area contributed by atoms with Crippen LogP contribution in [0.1, 0.15) is 36.4 Å². The quantitative estimate of drug-likeness (QED) is 0.813. The molecule has 2 rings (SSSR count). The molecule has 0 radical (unpaired) electrons. The van der Waals surface area contributed by atoms with Crippen LogP contribution in [0, 0.1) is 6.92 Å². The zero-order valence-corrected chi connectivity index (χ0v) is 13.5. The highest BCUT2D eigenvalue weighted by Crippen LogP contribution is 2.29. The maximum Gasteiger partial charge on any atom is 0.101 e. The van der Waals surface area contributed by atoms with Crippen molar-refractivity contribution < 1.29 is 9.15 Å². The molecule has 0 aliphatic carbocycles. The molecule has 0 saturated carbocycles. The van der Waals surface area contributed by atoms with Gasteiger partial charge in [-0.25, -0.2) is 0 Å². The lowest BCUT2D eigenvalue weighted by molar-refractivity contribution is 0.182. The van der Waals surface area contributed by atoms with E-state index < -0.39 is 0 Å². The van der Waals surface area contributed by atoms with E-state index in [1.54, 1.807) is 19.6 Å². The zero-order chi connectivity index (χ0) is 15.2. The predicted molar refractivity (Wildman–Crippen MR) is 82.7 cm³/mol. The first-order valence-corrected chi connectivity index (χ1v) is 7.53. The minimum absolute atomic E-state index is 0.0331. The van der Waals surface area contributed by atoms with Gasteiger partial charge in [0.05, 0.1) is 42.4 Å². The number of nitrogens with zero attached hydrogens (tertiary/aromatic N) is 2. The SMILES string of the molecule is CCCNC(c1coc(C)c1)c1c(Cl)cnn1CCOC. The van der Waals surface area contributed by atoms with E-state index in [1.807, 2.05) is 17.7 Å². The average molecular weight is 312 g/mol. The molecule has 1 atom stereocenters. The third-order valence-electron chi connectivity index (χ3n) is 3.30. The van der Waals surface area contributed by atoms with Crippen LogP contribution in [0.15, 0.2) is 22.9 Å². The lowest BCUT2D eigenvalue weighted by Crippen LogP contribution is -2.26. The summed E-state index contributed by atoms with van der Waals surface area (Å²) in [5.74, 6) is 0.882. The molecule has 0 saturated heterocycles. The number of ether oxygens (including phenoxy) is 1. The van der Waals surface area contributed by atoms with E-state index in [9.17, 15) is 0 Å². The van der Waals surface area contributed by atoms with Crippen LogP contribution >= 0.6 is 11.6 Å². The fourth-order valence-corrected chi connectivity index (χ4v) is 2.54. The number of aryl methyl sites for hydroxylation is 1. The molecule has 0 fully saturated rings. The molecule has 5 nitrogen and oxygen atoms in total. The standard InChI is InChI=1S/C15H22ClN3O2/c1-4-5-17-14(12-8-11(2)21-10-12)15-13(16)9-18-19(15)6-7-20-3/h8-10,14,17H,4-7H2,1-3H3. The second-order valence-electron chi connectivity index (χ2n) is 4.97. The summed E-state index contributed by atoms with van der Waals surface area (Å²) in [7, 11) is 1.68. The van der Waals surface area contributed by atoms with Gasteiger partial charge >= 0.3 is 0 Å². The predicted octanol–water partition coefficient (Wildman–Crippen LogP) is 3.17. The first-order chi connectivity index (χ1) is 10.2. The highest BCUT2D eigenvalue weighted by atomic mass is 35.5. The molecule has 116 valence electrons. The molecule has 0 spiro atoms. The van der Waals surface area contributed by atoms with Gasteiger partial charge in [0.25, 0.3) is 0 Å². The summed E-state index contributed by atoms with van der Waals surface area (Å²) >= 11 is 6.36. The Labute approximate surface area is 130 Å². The molecular weight excluding hydrogens is 290 g/mol. The highest BCUT2D eigenvalue weighted by Gasteiger charge is 2.23. The topological polar surface area (TPSA) is 52.2 Å². The number of aromatic nitrogens is 2. The average Bonchev–Trinajstić information content (AvgIpc) is 3.05. The number of methoxy groups -OCH3 is 1. The highest BCUT2D eigenvalue weighted by molar-refractivity contribution is 6.31. The Morgan fingerprint density at radius 1 is 1.52 bits per heavy atom. The molecule has 0 bridgehead atoms. The van der Waals surface area contributed by atoms with Crippen LogP contribution in [0.3, 0.4) is 0 Å². The third-order valence-corrected chi connectivity index (χ3v) is 3.59. The van der Waals surface area contributed by atoms with E-state index in [1.165, 1.54) is 0 Å². The molecule has 6 heteroatoms. The fraction of sp³-hybridized carbons (Fsp3) is 0.533. The summed E-state index contributed by atoms with van der Waals surface area (Å²) in [5.41, 5.74) is 2.00. The van der Waals surface area contributed by atoms with E-state index >= 15 is 0 Å². The molecular formula is C15H22ClN3O2. The molecule has 0 aliphatic rings. The summed E-state index contributed by atoms with van der Waals surface area (Å²) in [5, 5.41) is 8.51. The number of nitrogens with one attached hydrogen (secondary N) is 1. The zero-order valence-electron chi connectivity index (χ0n) is 12.7. The van der Waals surface area contributed by atoms with Gasteiger partial charge in [0.15, 0.2) is 0 Å². The van der Waals surface area contributed by atoms with Crippen LogP contribution in [0.5, 0.6) is 0 Å². The van der Waals surface area contributed by atoms with Crippen molar-refractivity contribution in [1.82, 2.24) is 15.1 Å². The number of rotatable bonds is 8. The Kier molecular flexibility index (Phi) is 5.85. The molecule has 0 amide bonds. The van der Waals surface area contributed by atoms with E-state index in [-0.39, 0.29) is 6.04 Å². The van der Waals surface area contributed by atoms with E-state index in [0.717, 1.165) is 30.0 Å². The monoisotopic (exact) mass is 311 g/mol. The van der Waals surface area contributed by atoms with Crippen LogP contribution in [0.4, 0.5) is 0 Å². The van der Waals surface area contributed by atoms with Gasteiger partial charge in [-0.15, -0.1) is 0 Å². The van der Waals surface area contributed by atoms with Gasteiger partial charge in [0.1, 0.15) is 5.76 Å².